The lowest BCUT2D eigenvalue weighted by molar-refractivity contribution is 0.0636. The minimum Gasteiger partial charge on any atom is -0.444 e. The lowest BCUT2D eigenvalue weighted by Crippen LogP contribution is -2.32. The van der Waals surface area contributed by atoms with Crippen LogP contribution in [-0.4, -0.2) is 22.8 Å². The number of ether oxygens (including phenoxy) is 1. The van der Waals surface area contributed by atoms with Crippen molar-refractivity contribution in [2.75, 3.05) is 5.32 Å². The maximum absolute atomic E-state index is 11.8. The van der Waals surface area contributed by atoms with Crippen LogP contribution in [0.1, 0.15) is 33.3 Å². The fourth-order valence-electron chi connectivity index (χ4n) is 2.12. The molecule has 2 N–H and O–H groups in total. The molecule has 126 valence electrons. The Bertz CT molecular complexity index is 628. The standard InChI is InChI=1S/C16H21BrClN3O2/c1-10-19-8-14(17)21(10)9-11-5-6-12(7-13(11)18)20-15(22)23-16(2,3)4/h5-8,10,19H,9H2,1-4H3,(H,20,22). The van der Waals surface area contributed by atoms with E-state index in [2.05, 4.69) is 38.4 Å². The number of nitrogens with zero attached hydrogens (tertiary/aromatic N) is 1. The third-order valence-electron chi connectivity index (χ3n) is 3.22. The number of hydrogen-bond acceptors (Lipinski definition) is 4. The van der Waals surface area contributed by atoms with Gasteiger partial charge >= 0.3 is 6.09 Å². The summed E-state index contributed by atoms with van der Waals surface area (Å²) >= 11 is 9.86. The van der Waals surface area contributed by atoms with Gasteiger partial charge in [-0.15, -0.1) is 0 Å². The van der Waals surface area contributed by atoms with Crippen LogP contribution in [-0.2, 0) is 11.3 Å². The van der Waals surface area contributed by atoms with Gasteiger partial charge in [0.05, 0.1) is 10.8 Å². The van der Waals surface area contributed by atoms with Crippen molar-refractivity contribution in [3.05, 3.63) is 39.6 Å². The minimum atomic E-state index is -0.536. The Labute approximate surface area is 150 Å². The lowest BCUT2D eigenvalue weighted by Gasteiger charge is -2.25. The number of carbonyl (C=O) groups excluding carboxylic acids is 1. The normalized spacial score (nSPS) is 17.6. The largest absolute Gasteiger partial charge is 0.444 e. The molecule has 23 heavy (non-hydrogen) atoms. The van der Waals surface area contributed by atoms with Gasteiger partial charge < -0.3 is 15.0 Å². The van der Waals surface area contributed by atoms with E-state index < -0.39 is 11.7 Å². The Balaban J connectivity index is 2.03. The predicted molar refractivity (Wildman–Crippen MR) is 96.5 cm³/mol. The van der Waals surface area contributed by atoms with Crippen LogP contribution in [0.2, 0.25) is 5.02 Å². The smallest absolute Gasteiger partial charge is 0.412 e. The van der Waals surface area contributed by atoms with Gasteiger partial charge in [-0.05, 0) is 61.3 Å². The number of anilines is 1. The van der Waals surface area contributed by atoms with Gasteiger partial charge in [-0.3, -0.25) is 5.32 Å². The molecule has 1 aliphatic heterocycles. The van der Waals surface area contributed by atoms with E-state index in [0.717, 1.165) is 10.2 Å². The van der Waals surface area contributed by atoms with Crippen LogP contribution < -0.4 is 10.6 Å². The molecule has 1 unspecified atom stereocenters. The Kier molecular flexibility index (Phi) is 5.47. The highest BCUT2D eigenvalue weighted by atomic mass is 79.9. The van der Waals surface area contributed by atoms with Crippen LogP contribution in [0.4, 0.5) is 10.5 Å². The maximum Gasteiger partial charge on any atom is 0.412 e. The van der Waals surface area contributed by atoms with Gasteiger partial charge in [-0.25, -0.2) is 4.79 Å². The van der Waals surface area contributed by atoms with Gasteiger partial charge in [0.25, 0.3) is 0 Å². The van der Waals surface area contributed by atoms with Gasteiger partial charge in [-0.1, -0.05) is 17.7 Å². The molecule has 1 aromatic carbocycles. The van der Waals surface area contributed by atoms with Crippen molar-refractivity contribution in [1.82, 2.24) is 10.2 Å². The molecule has 5 nitrogen and oxygen atoms in total. The number of rotatable bonds is 3. The first-order chi connectivity index (χ1) is 10.7. The van der Waals surface area contributed by atoms with E-state index in [9.17, 15) is 4.79 Å². The first-order valence-corrected chi connectivity index (χ1v) is 8.49. The summed E-state index contributed by atoms with van der Waals surface area (Å²) < 4.78 is 6.21. The highest BCUT2D eigenvalue weighted by molar-refractivity contribution is 9.11. The quantitative estimate of drug-likeness (QED) is 0.724. The van der Waals surface area contributed by atoms with Crippen LogP contribution in [0.5, 0.6) is 0 Å². The second-order valence-corrected chi connectivity index (χ2v) is 7.59. The summed E-state index contributed by atoms with van der Waals surface area (Å²) in [5.41, 5.74) is 1.04. The van der Waals surface area contributed by atoms with E-state index in [1.807, 2.05) is 39.1 Å². The molecule has 0 saturated heterocycles. The molecular formula is C16H21BrClN3O2. The second-order valence-electron chi connectivity index (χ2n) is 6.37. The maximum atomic E-state index is 11.8. The topological polar surface area (TPSA) is 53.6 Å². The third kappa shape index (κ3) is 5.04. The molecule has 0 spiro atoms. The molecule has 0 bridgehead atoms. The SMILES string of the molecule is CC1NC=C(Br)N1Cc1ccc(NC(=O)OC(C)(C)C)cc1Cl. The summed E-state index contributed by atoms with van der Waals surface area (Å²) in [7, 11) is 0. The van der Waals surface area contributed by atoms with Gasteiger partial charge in [-0.2, -0.15) is 0 Å². The van der Waals surface area contributed by atoms with E-state index >= 15 is 0 Å². The average molecular weight is 403 g/mol. The molecule has 1 aromatic rings. The summed E-state index contributed by atoms with van der Waals surface area (Å²) in [6.07, 6.45) is 1.61. The van der Waals surface area contributed by atoms with E-state index in [1.54, 1.807) is 6.07 Å². The zero-order valence-corrected chi connectivity index (χ0v) is 16.0. The molecule has 0 aromatic heterocycles. The molecule has 2 rings (SSSR count). The molecule has 0 aliphatic carbocycles. The van der Waals surface area contributed by atoms with Crippen molar-refractivity contribution in [2.45, 2.75) is 46.0 Å². The highest BCUT2D eigenvalue weighted by Crippen LogP contribution is 2.27. The Hall–Kier alpha value is -1.40. The number of carbonyl (C=O) groups is 1. The van der Waals surface area contributed by atoms with Crippen LogP contribution in [0, 0.1) is 0 Å². The van der Waals surface area contributed by atoms with Crippen LogP contribution >= 0.6 is 27.5 Å². The molecule has 0 saturated carbocycles. The van der Waals surface area contributed by atoms with E-state index in [1.165, 1.54) is 0 Å². The van der Waals surface area contributed by atoms with Crippen molar-refractivity contribution >= 4 is 39.3 Å². The van der Waals surface area contributed by atoms with Gasteiger partial charge in [0, 0.05) is 23.5 Å². The van der Waals surface area contributed by atoms with Crippen molar-refractivity contribution in [3.8, 4) is 0 Å². The minimum absolute atomic E-state index is 0.194. The summed E-state index contributed by atoms with van der Waals surface area (Å²) in [6, 6.07) is 5.45. The van der Waals surface area contributed by atoms with E-state index in [0.29, 0.717) is 17.3 Å². The predicted octanol–water partition coefficient (Wildman–Crippen LogP) is 4.63. The molecule has 1 amide bonds. The number of hydrogen-bond donors (Lipinski definition) is 2. The molecule has 1 aliphatic rings. The van der Waals surface area contributed by atoms with Crippen LogP contribution in [0.25, 0.3) is 0 Å². The number of benzene rings is 1. The van der Waals surface area contributed by atoms with Crippen molar-refractivity contribution in [2.24, 2.45) is 0 Å². The lowest BCUT2D eigenvalue weighted by atomic mass is 10.2. The van der Waals surface area contributed by atoms with Crippen molar-refractivity contribution in [3.63, 3.8) is 0 Å². The number of halogens is 2. The Morgan fingerprint density at radius 3 is 2.70 bits per heavy atom. The first-order valence-electron chi connectivity index (χ1n) is 7.32. The zero-order valence-electron chi connectivity index (χ0n) is 13.6. The van der Waals surface area contributed by atoms with Gasteiger partial charge in [0.2, 0.25) is 0 Å². The van der Waals surface area contributed by atoms with Crippen molar-refractivity contribution < 1.29 is 9.53 Å². The average Bonchev–Trinajstić information content (AvgIpc) is 2.71. The monoisotopic (exact) mass is 401 g/mol. The summed E-state index contributed by atoms with van der Waals surface area (Å²) in [5.74, 6) is 0. The first kappa shape index (κ1) is 17.9. The van der Waals surface area contributed by atoms with Crippen LogP contribution in [0.15, 0.2) is 29.0 Å². The van der Waals surface area contributed by atoms with E-state index in [4.69, 9.17) is 16.3 Å². The van der Waals surface area contributed by atoms with Gasteiger partial charge in [0.1, 0.15) is 5.60 Å². The summed E-state index contributed by atoms with van der Waals surface area (Å²) in [5, 5.41) is 6.50. The molecule has 0 radical (unpaired) electrons. The second kappa shape index (κ2) is 7.01. The van der Waals surface area contributed by atoms with E-state index in [-0.39, 0.29) is 6.17 Å². The fourth-order valence-corrected chi connectivity index (χ4v) is 2.92. The molecule has 1 atom stereocenters. The number of amides is 1. The number of nitrogens with one attached hydrogen (secondary N) is 2. The summed E-state index contributed by atoms with van der Waals surface area (Å²) in [6.45, 7) is 8.19. The molecule has 0 fully saturated rings. The van der Waals surface area contributed by atoms with Crippen molar-refractivity contribution in [1.29, 1.82) is 0 Å². The fraction of sp³-hybridized carbons (Fsp3) is 0.438. The zero-order chi connectivity index (χ0) is 17.2. The Morgan fingerprint density at radius 2 is 2.17 bits per heavy atom. The van der Waals surface area contributed by atoms with Gasteiger partial charge in [0.15, 0.2) is 0 Å². The molecule has 1 heterocycles. The molecule has 7 heteroatoms. The van der Waals surface area contributed by atoms with Crippen LogP contribution in [0.3, 0.4) is 0 Å². The molecular weight excluding hydrogens is 382 g/mol. The Morgan fingerprint density at radius 1 is 1.48 bits per heavy atom. The third-order valence-corrected chi connectivity index (χ3v) is 4.26. The highest BCUT2D eigenvalue weighted by Gasteiger charge is 2.21. The summed E-state index contributed by atoms with van der Waals surface area (Å²) in [4.78, 5) is 13.9.